The van der Waals surface area contributed by atoms with Crippen molar-refractivity contribution in [1.82, 2.24) is 0 Å². The molecule has 1 aromatic heterocycles. The van der Waals surface area contributed by atoms with Crippen LogP contribution in [0.1, 0.15) is 32.5 Å². The topological polar surface area (TPSA) is 9.23 Å². The second kappa shape index (κ2) is 5.86. The normalized spacial score (nSPS) is 12.5. The average molecular weight is 360 g/mol. The number of rotatable bonds is 3. The Kier molecular flexibility index (Phi) is 4.59. The standard InChI is InChI=1S/C15H16BrClOS/c1-8-7-9(2)13(16)10(3)12(8)14(17)15-11(18-4)5-6-19-15/h5-7,14H,1-4H3. The highest BCUT2D eigenvalue weighted by molar-refractivity contribution is 9.10. The van der Waals surface area contributed by atoms with Gasteiger partial charge in [0.05, 0.1) is 17.4 Å². The SMILES string of the molecule is COc1ccsc1C(Cl)c1c(C)cc(C)c(Br)c1C. The van der Waals surface area contributed by atoms with E-state index in [2.05, 4.69) is 42.8 Å². The molecule has 0 fully saturated rings. The molecule has 0 radical (unpaired) electrons. The number of hydrogen-bond acceptors (Lipinski definition) is 2. The van der Waals surface area contributed by atoms with Gasteiger partial charge < -0.3 is 4.74 Å². The van der Waals surface area contributed by atoms with Crippen molar-refractivity contribution in [3.05, 3.63) is 49.1 Å². The molecule has 0 spiro atoms. The molecule has 0 amide bonds. The Bertz CT molecular complexity index is 606. The van der Waals surface area contributed by atoms with E-state index in [1.54, 1.807) is 18.4 Å². The first-order valence-electron chi connectivity index (χ1n) is 5.99. The second-order valence-electron chi connectivity index (χ2n) is 4.58. The van der Waals surface area contributed by atoms with Crippen LogP contribution in [0.5, 0.6) is 5.75 Å². The third kappa shape index (κ3) is 2.69. The van der Waals surface area contributed by atoms with Crippen LogP contribution in [0.2, 0.25) is 0 Å². The van der Waals surface area contributed by atoms with Crippen molar-refractivity contribution in [1.29, 1.82) is 0 Å². The third-order valence-electron chi connectivity index (χ3n) is 3.30. The summed E-state index contributed by atoms with van der Waals surface area (Å²) >= 11 is 12.0. The highest BCUT2D eigenvalue weighted by Crippen LogP contribution is 2.43. The zero-order chi connectivity index (χ0) is 14.2. The van der Waals surface area contributed by atoms with E-state index in [9.17, 15) is 0 Å². The quantitative estimate of drug-likeness (QED) is 0.632. The minimum atomic E-state index is -0.174. The van der Waals surface area contributed by atoms with Crippen LogP contribution in [0, 0.1) is 20.8 Å². The molecule has 1 unspecified atom stereocenters. The van der Waals surface area contributed by atoms with Crippen LogP contribution >= 0.6 is 38.9 Å². The van der Waals surface area contributed by atoms with Gasteiger partial charge in [-0.1, -0.05) is 22.0 Å². The van der Waals surface area contributed by atoms with Crippen LogP contribution in [0.25, 0.3) is 0 Å². The predicted octanol–water partition coefficient (Wildman–Crippen LogP) is 5.77. The number of ether oxygens (including phenoxy) is 1. The maximum absolute atomic E-state index is 6.70. The van der Waals surface area contributed by atoms with E-state index >= 15 is 0 Å². The molecule has 2 rings (SSSR count). The van der Waals surface area contributed by atoms with Gasteiger partial charge in [-0.3, -0.25) is 0 Å². The van der Waals surface area contributed by atoms with E-state index in [1.165, 1.54) is 22.3 Å². The summed E-state index contributed by atoms with van der Waals surface area (Å²) in [7, 11) is 1.68. The maximum atomic E-state index is 6.70. The van der Waals surface area contributed by atoms with Crippen LogP contribution in [-0.2, 0) is 0 Å². The number of benzene rings is 1. The molecule has 0 aliphatic carbocycles. The summed E-state index contributed by atoms with van der Waals surface area (Å²) in [6, 6.07) is 4.13. The molecule has 19 heavy (non-hydrogen) atoms. The summed E-state index contributed by atoms with van der Waals surface area (Å²) < 4.78 is 6.51. The van der Waals surface area contributed by atoms with Crippen LogP contribution in [0.15, 0.2) is 22.0 Å². The van der Waals surface area contributed by atoms with Crippen molar-refractivity contribution >= 4 is 38.9 Å². The number of aryl methyl sites for hydroxylation is 2. The maximum Gasteiger partial charge on any atom is 0.134 e. The van der Waals surface area contributed by atoms with Crippen molar-refractivity contribution in [2.24, 2.45) is 0 Å². The molecule has 0 aliphatic rings. The minimum Gasteiger partial charge on any atom is -0.496 e. The third-order valence-corrected chi connectivity index (χ3v) is 6.05. The van der Waals surface area contributed by atoms with Gasteiger partial charge in [0, 0.05) is 4.47 Å². The Hall–Kier alpha value is -0.510. The van der Waals surface area contributed by atoms with Gasteiger partial charge in [0.2, 0.25) is 0 Å². The fourth-order valence-corrected chi connectivity index (χ4v) is 4.13. The number of thiophene rings is 1. The van der Waals surface area contributed by atoms with Gasteiger partial charge in [0.15, 0.2) is 0 Å². The van der Waals surface area contributed by atoms with Crippen LogP contribution < -0.4 is 4.74 Å². The lowest BCUT2D eigenvalue weighted by molar-refractivity contribution is 0.412. The van der Waals surface area contributed by atoms with Crippen molar-refractivity contribution in [3.8, 4) is 5.75 Å². The number of alkyl halides is 1. The number of halogens is 2. The summed E-state index contributed by atoms with van der Waals surface area (Å²) in [6.07, 6.45) is 0. The van der Waals surface area contributed by atoms with E-state index in [-0.39, 0.29) is 5.38 Å². The van der Waals surface area contributed by atoms with Crippen molar-refractivity contribution in [2.75, 3.05) is 7.11 Å². The lowest BCUT2D eigenvalue weighted by Gasteiger charge is -2.18. The monoisotopic (exact) mass is 358 g/mol. The first-order valence-corrected chi connectivity index (χ1v) is 8.10. The summed E-state index contributed by atoms with van der Waals surface area (Å²) in [5.41, 5.74) is 4.82. The summed E-state index contributed by atoms with van der Waals surface area (Å²) in [5.74, 6) is 0.862. The summed E-state index contributed by atoms with van der Waals surface area (Å²) in [4.78, 5) is 1.06. The summed E-state index contributed by atoms with van der Waals surface area (Å²) in [6.45, 7) is 6.31. The van der Waals surface area contributed by atoms with Gasteiger partial charge in [-0.2, -0.15) is 0 Å². The zero-order valence-corrected chi connectivity index (χ0v) is 14.5. The van der Waals surface area contributed by atoms with Crippen LogP contribution in [0.4, 0.5) is 0 Å². The van der Waals surface area contributed by atoms with Crippen molar-refractivity contribution in [3.63, 3.8) is 0 Å². The molecule has 1 atom stereocenters. The highest BCUT2D eigenvalue weighted by Gasteiger charge is 2.22. The predicted molar refractivity (Wildman–Crippen MR) is 86.9 cm³/mol. The molecule has 2 aromatic rings. The van der Waals surface area contributed by atoms with E-state index in [0.29, 0.717) is 0 Å². The molecule has 102 valence electrons. The Labute approximate surface area is 131 Å². The largest absolute Gasteiger partial charge is 0.496 e. The first kappa shape index (κ1) is 14.9. The van der Waals surface area contributed by atoms with Crippen LogP contribution in [0.3, 0.4) is 0 Å². The lowest BCUT2D eigenvalue weighted by Crippen LogP contribution is -2.01. The van der Waals surface area contributed by atoms with E-state index in [1.807, 2.05) is 11.4 Å². The Morgan fingerprint density at radius 1 is 1.26 bits per heavy atom. The molecular formula is C15H16BrClOS. The molecule has 1 nitrogen and oxygen atoms in total. The highest BCUT2D eigenvalue weighted by atomic mass is 79.9. The van der Waals surface area contributed by atoms with Gasteiger partial charge in [0.25, 0.3) is 0 Å². The molecule has 0 bridgehead atoms. The molecule has 0 saturated carbocycles. The Morgan fingerprint density at radius 2 is 1.95 bits per heavy atom. The fraction of sp³-hybridized carbons (Fsp3) is 0.333. The smallest absolute Gasteiger partial charge is 0.134 e. The molecule has 1 aromatic carbocycles. The molecular weight excluding hydrogens is 344 g/mol. The van der Waals surface area contributed by atoms with Gasteiger partial charge in [-0.25, -0.2) is 0 Å². The second-order valence-corrected chi connectivity index (χ2v) is 6.76. The molecule has 0 aliphatic heterocycles. The number of methoxy groups -OCH3 is 1. The van der Waals surface area contributed by atoms with Crippen LogP contribution in [-0.4, -0.2) is 7.11 Å². The van der Waals surface area contributed by atoms with E-state index in [0.717, 1.165) is 15.1 Å². The van der Waals surface area contributed by atoms with E-state index < -0.39 is 0 Å². The minimum absolute atomic E-state index is 0.174. The fourth-order valence-electron chi connectivity index (χ4n) is 2.36. The first-order chi connectivity index (χ1) is 8.97. The molecule has 0 N–H and O–H groups in total. The molecule has 4 heteroatoms. The van der Waals surface area contributed by atoms with Gasteiger partial charge in [0.1, 0.15) is 5.75 Å². The molecule has 1 heterocycles. The molecule has 0 saturated heterocycles. The summed E-state index contributed by atoms with van der Waals surface area (Å²) in [5, 5.41) is 1.84. The Balaban J connectivity index is 2.56. The van der Waals surface area contributed by atoms with Gasteiger partial charge in [-0.05, 0) is 54.5 Å². The van der Waals surface area contributed by atoms with E-state index in [4.69, 9.17) is 16.3 Å². The zero-order valence-electron chi connectivity index (χ0n) is 11.4. The van der Waals surface area contributed by atoms with Gasteiger partial charge >= 0.3 is 0 Å². The van der Waals surface area contributed by atoms with Crippen molar-refractivity contribution in [2.45, 2.75) is 26.1 Å². The number of hydrogen-bond donors (Lipinski definition) is 0. The lowest BCUT2D eigenvalue weighted by atomic mass is 9.96. The van der Waals surface area contributed by atoms with Gasteiger partial charge in [-0.15, -0.1) is 22.9 Å². The van der Waals surface area contributed by atoms with Crippen molar-refractivity contribution < 1.29 is 4.74 Å². The average Bonchev–Trinajstić information content (AvgIpc) is 2.84. The Morgan fingerprint density at radius 3 is 2.58 bits per heavy atom.